The summed E-state index contributed by atoms with van der Waals surface area (Å²) in [6.07, 6.45) is 28.2. The molecule has 0 bridgehead atoms. The van der Waals surface area contributed by atoms with E-state index in [0.717, 1.165) is 36.1 Å². The quantitative estimate of drug-likeness (QED) is 0.0813. The van der Waals surface area contributed by atoms with Crippen LogP contribution in [-0.2, 0) is 9.59 Å². The number of aliphatic carboxylic acids is 2. The fraction of sp³-hybridized carbons (Fsp3) is 0.938. The van der Waals surface area contributed by atoms with Gasteiger partial charge in [0.2, 0.25) is 0 Å². The Kier molecular flexibility index (Phi) is 56.1. The summed E-state index contributed by atoms with van der Waals surface area (Å²) in [5, 5.41) is 24.8. The zero-order valence-corrected chi connectivity index (χ0v) is 31.9. The standard InChI is InChI=1S/2C12H24O2.2C4H9.H5NSi.Sn/c2*1-2-3-4-5-6-7-8-9-10-11-12(13)14;2*1-3-4-2;1-2;/h2*2-11H2,1H3,(H,13,14);2*1,3-4H2,2H3;1H2,2H3;/q;;;;;+2/p-2. The van der Waals surface area contributed by atoms with E-state index in [-0.39, 0.29) is 34.0 Å². The van der Waals surface area contributed by atoms with Gasteiger partial charge in [0, 0.05) is 11.9 Å². The number of hydrogen-bond acceptors (Lipinski definition) is 5. The molecule has 0 aliphatic heterocycles. The first-order valence-corrected chi connectivity index (χ1v) is 21.8. The van der Waals surface area contributed by atoms with Crippen LogP contribution < -0.4 is 15.6 Å². The van der Waals surface area contributed by atoms with Gasteiger partial charge >= 0.3 is 69.5 Å². The van der Waals surface area contributed by atoms with E-state index >= 15 is 0 Å². The molecule has 0 saturated carbocycles. The molecule has 0 fully saturated rings. The van der Waals surface area contributed by atoms with E-state index in [1.54, 1.807) is 8.87 Å². The third-order valence-corrected chi connectivity index (χ3v) is 10.4. The van der Waals surface area contributed by atoms with Gasteiger partial charge in [-0.2, -0.15) is 0 Å². The van der Waals surface area contributed by atoms with Gasteiger partial charge in [0.15, 0.2) is 0 Å². The van der Waals surface area contributed by atoms with E-state index in [4.69, 9.17) is 0 Å². The summed E-state index contributed by atoms with van der Waals surface area (Å²) in [4.78, 5) is 20.2. The van der Waals surface area contributed by atoms with E-state index < -0.39 is 11.9 Å². The van der Waals surface area contributed by atoms with Crippen molar-refractivity contribution in [3.8, 4) is 0 Å². The zero-order valence-electron chi connectivity index (χ0n) is 27.1. The van der Waals surface area contributed by atoms with Crippen LogP contribution in [0.3, 0.4) is 0 Å². The average molecular weight is 679 g/mol. The van der Waals surface area contributed by atoms with E-state index in [2.05, 4.69) is 33.1 Å². The maximum atomic E-state index is 10.1. The second-order valence-corrected chi connectivity index (χ2v) is 14.6. The van der Waals surface area contributed by atoms with Gasteiger partial charge in [-0.15, -0.1) is 0 Å². The van der Waals surface area contributed by atoms with Gasteiger partial charge in [-0.3, -0.25) is 0 Å². The van der Waals surface area contributed by atoms with Crippen molar-refractivity contribution in [1.29, 1.82) is 0 Å². The van der Waals surface area contributed by atoms with E-state index in [1.807, 2.05) is 0 Å². The first-order valence-electron chi connectivity index (χ1n) is 16.6. The van der Waals surface area contributed by atoms with Crippen molar-refractivity contribution < 1.29 is 19.8 Å². The van der Waals surface area contributed by atoms with Gasteiger partial charge in [-0.05, 0) is 25.7 Å². The first-order chi connectivity index (χ1) is 19.0. The Bertz CT molecular complexity index is 404. The molecule has 0 aliphatic rings. The van der Waals surface area contributed by atoms with Crippen LogP contribution in [0.2, 0.25) is 8.87 Å². The first kappa shape index (κ1) is 45.9. The molecule has 0 radical (unpaired) electrons. The molecular weight excluding hydrogens is 609 g/mol. The van der Waals surface area contributed by atoms with Crippen molar-refractivity contribution in [3.63, 3.8) is 0 Å². The molecule has 39 heavy (non-hydrogen) atoms. The van der Waals surface area contributed by atoms with E-state index in [1.165, 1.54) is 116 Å². The molecule has 7 heteroatoms. The molecule has 0 rings (SSSR count). The third-order valence-electron chi connectivity index (χ3n) is 6.38. The SMILES string of the molecule is CCCCCCCCCCCC(=O)[O-].CCCCCCCCCCCC(=O)[O-].CCC[CH2][Sn+2][CH2]CCC.N[SiH3]. The molecule has 0 saturated heterocycles. The Morgan fingerprint density at radius 2 is 0.692 bits per heavy atom. The summed E-state index contributed by atoms with van der Waals surface area (Å²) in [7, 11) is 0.806. The van der Waals surface area contributed by atoms with Crippen LogP contribution >= 0.6 is 0 Å². The molecule has 0 unspecified atom stereocenters. The fourth-order valence-electron chi connectivity index (χ4n) is 3.89. The van der Waals surface area contributed by atoms with E-state index in [0.29, 0.717) is 0 Å². The largest absolute Gasteiger partial charge is 0.358 e. The number of hydrogen-bond donors (Lipinski definition) is 1. The van der Waals surface area contributed by atoms with E-state index in [9.17, 15) is 19.8 Å². The van der Waals surface area contributed by atoms with Gasteiger partial charge in [-0.25, -0.2) is 0 Å². The zero-order chi connectivity index (χ0) is 30.2. The molecule has 0 aromatic rings. The molecule has 0 aliphatic carbocycles. The fourth-order valence-corrected chi connectivity index (χ4v) is 8.05. The van der Waals surface area contributed by atoms with Crippen molar-refractivity contribution in [2.45, 2.75) is 191 Å². The van der Waals surface area contributed by atoms with Crippen LogP contribution in [0.25, 0.3) is 0 Å². The maximum Gasteiger partial charge on any atom is 0.0716 e. The summed E-state index contributed by atoms with van der Waals surface area (Å²) in [5.41, 5.74) is 0. The number of carbonyl (C=O) groups excluding carboxylic acids is 2. The smallest absolute Gasteiger partial charge is 0.0716 e. The minimum atomic E-state index is -0.909. The van der Waals surface area contributed by atoms with Crippen LogP contribution in [-0.4, -0.2) is 43.5 Å². The molecule has 0 aromatic carbocycles. The van der Waals surface area contributed by atoms with Crippen LogP contribution in [0.15, 0.2) is 0 Å². The molecule has 5 nitrogen and oxygen atoms in total. The van der Waals surface area contributed by atoms with Crippen LogP contribution in [0, 0.1) is 0 Å². The van der Waals surface area contributed by atoms with Crippen molar-refractivity contribution in [2.24, 2.45) is 5.40 Å². The second-order valence-electron chi connectivity index (χ2n) is 10.4. The summed E-state index contributed by atoms with van der Waals surface area (Å²) in [5.74, 6) is -1.82. The summed E-state index contributed by atoms with van der Waals surface area (Å²) >= 11 is 0.149. The Balaban J connectivity index is -0.000000233. The predicted molar refractivity (Wildman–Crippen MR) is 173 cm³/mol. The molecule has 0 heterocycles. The summed E-state index contributed by atoms with van der Waals surface area (Å²) in [6.45, 7) is 9.03. The molecule has 0 amide bonds. The Morgan fingerprint density at radius 1 is 0.462 bits per heavy atom. The topological polar surface area (TPSA) is 106 Å². The molecule has 0 spiro atoms. The van der Waals surface area contributed by atoms with Gasteiger partial charge in [0.05, 0.1) is 10.4 Å². The molecule has 2 N–H and O–H groups in total. The predicted octanol–water partition coefficient (Wildman–Crippen LogP) is 6.67. The average Bonchev–Trinajstić information content (AvgIpc) is 2.93. The van der Waals surface area contributed by atoms with Crippen molar-refractivity contribution >= 4 is 43.5 Å². The molecular formula is C32H69NO4SiSn. The van der Waals surface area contributed by atoms with Crippen LogP contribution in [0.5, 0.6) is 0 Å². The Hall–Kier alpha value is -0.0844. The van der Waals surface area contributed by atoms with Gasteiger partial charge in [0.1, 0.15) is 0 Å². The molecule has 0 aromatic heterocycles. The minimum Gasteiger partial charge on any atom is -0.358 e. The van der Waals surface area contributed by atoms with Crippen LogP contribution in [0.4, 0.5) is 0 Å². The number of rotatable bonds is 26. The van der Waals surface area contributed by atoms with Crippen molar-refractivity contribution in [2.75, 3.05) is 0 Å². The van der Waals surface area contributed by atoms with Crippen molar-refractivity contribution in [3.05, 3.63) is 0 Å². The molecule has 234 valence electrons. The second kappa shape index (κ2) is 47.7. The number of nitrogens with two attached hydrogens (primary N) is 1. The number of carboxylic acids is 2. The number of carboxylic acid groups (broad SMARTS) is 2. The van der Waals surface area contributed by atoms with Gasteiger partial charge < -0.3 is 25.2 Å². The minimum absolute atomic E-state index is 0.149. The van der Waals surface area contributed by atoms with Gasteiger partial charge in [0.25, 0.3) is 0 Å². The normalized spacial score (nSPS) is 9.77. The maximum absolute atomic E-state index is 10.1. The van der Waals surface area contributed by atoms with Crippen LogP contribution in [0.1, 0.15) is 182 Å². The molecule has 0 atom stereocenters. The number of carbonyl (C=O) groups is 2. The third kappa shape index (κ3) is 62.8. The van der Waals surface area contributed by atoms with Gasteiger partial charge in [-0.1, -0.05) is 117 Å². The summed E-state index contributed by atoms with van der Waals surface area (Å²) in [6, 6.07) is 0. The Morgan fingerprint density at radius 3 is 0.923 bits per heavy atom. The monoisotopic (exact) mass is 679 g/mol. The number of unbranched alkanes of at least 4 members (excludes halogenated alkanes) is 18. The Labute approximate surface area is 258 Å². The summed E-state index contributed by atoms with van der Waals surface area (Å²) < 4.78 is 3.25. The van der Waals surface area contributed by atoms with Crippen molar-refractivity contribution in [1.82, 2.24) is 0 Å².